The summed E-state index contributed by atoms with van der Waals surface area (Å²) >= 11 is -0.0332. The summed E-state index contributed by atoms with van der Waals surface area (Å²) in [6.45, 7) is 2.59. The van der Waals surface area contributed by atoms with Gasteiger partial charge in [-0.05, 0) is 0 Å². The molecule has 1 heterocycles. The van der Waals surface area contributed by atoms with Gasteiger partial charge in [0.25, 0.3) is 0 Å². The van der Waals surface area contributed by atoms with E-state index in [0.717, 1.165) is 19.0 Å². The van der Waals surface area contributed by atoms with Crippen molar-refractivity contribution in [2.45, 2.75) is 12.8 Å². The first-order chi connectivity index (χ1) is 5.86. The molecule has 0 radical (unpaired) electrons. The third kappa shape index (κ3) is 3.53. The third-order valence-electron chi connectivity index (χ3n) is 2.42. The van der Waals surface area contributed by atoms with Crippen molar-refractivity contribution >= 4 is 0 Å². The maximum atomic E-state index is 12.0. The molecule has 0 spiro atoms. The van der Waals surface area contributed by atoms with E-state index in [9.17, 15) is 4.39 Å². The van der Waals surface area contributed by atoms with Gasteiger partial charge in [0.2, 0.25) is 0 Å². The zero-order chi connectivity index (χ0) is 8.81. The minimum atomic E-state index is -0.200. The predicted molar refractivity (Wildman–Crippen MR) is 44.2 cm³/mol. The van der Waals surface area contributed by atoms with Gasteiger partial charge in [0.15, 0.2) is 0 Å². The summed E-state index contributed by atoms with van der Waals surface area (Å²) < 4.78 is 18.8. The summed E-state index contributed by atoms with van der Waals surface area (Å²) in [7, 11) is 0. The molecule has 0 aromatic heterocycles. The van der Waals surface area contributed by atoms with Crippen molar-refractivity contribution < 1.29 is 25.9 Å². The number of nitrogens with two attached hydrogens (primary N) is 1. The molecular formula is C8H17FIN2-. The predicted octanol–water partition coefficient (Wildman–Crippen LogP) is -2.37. The van der Waals surface area contributed by atoms with Crippen LogP contribution in [0, 0.1) is 5.92 Å². The Kier molecular flexibility index (Phi) is 5.42. The number of rotatable bonds is 4. The van der Waals surface area contributed by atoms with Crippen LogP contribution in [-0.4, -0.2) is 35.6 Å². The van der Waals surface area contributed by atoms with Crippen LogP contribution in [0.5, 0.6) is 0 Å². The van der Waals surface area contributed by atoms with Crippen LogP contribution >= 0.6 is 0 Å². The molecule has 2 N–H and O–H groups in total. The van der Waals surface area contributed by atoms with E-state index in [0.29, 0.717) is 6.54 Å². The number of likely N-dealkylation sites (tertiary alicyclic amines) is 1. The summed E-state index contributed by atoms with van der Waals surface area (Å²) in [5, 5.41) is 0. The quantitative estimate of drug-likeness (QED) is 0.356. The summed E-state index contributed by atoms with van der Waals surface area (Å²) in [6, 6.07) is 0. The van der Waals surface area contributed by atoms with Crippen LogP contribution in [0.2, 0.25) is 0 Å². The Morgan fingerprint density at radius 3 is 2.58 bits per heavy atom. The van der Waals surface area contributed by atoms with Gasteiger partial charge in [0, 0.05) is 0 Å². The minimum absolute atomic E-state index is 0.0332. The molecule has 0 aromatic carbocycles. The Morgan fingerprint density at radius 1 is 1.42 bits per heavy atom. The second-order valence-corrected chi connectivity index (χ2v) is 5.04. The van der Waals surface area contributed by atoms with Gasteiger partial charge in [0.05, 0.1) is 0 Å². The molecule has 1 aliphatic heterocycles. The van der Waals surface area contributed by atoms with E-state index >= 15 is 0 Å². The second-order valence-electron chi connectivity index (χ2n) is 3.28. The van der Waals surface area contributed by atoms with Crippen LogP contribution in [0.3, 0.4) is 0 Å². The fraction of sp³-hybridized carbons (Fsp3) is 1.00. The molecule has 74 valence electrons. The van der Waals surface area contributed by atoms with E-state index < -0.39 is 0 Å². The molecule has 0 amide bonds. The van der Waals surface area contributed by atoms with Gasteiger partial charge in [-0.1, -0.05) is 0 Å². The molecule has 0 aliphatic carbocycles. The van der Waals surface area contributed by atoms with Gasteiger partial charge in [-0.15, -0.1) is 0 Å². The zero-order valence-electron chi connectivity index (χ0n) is 7.31. The first-order valence-corrected chi connectivity index (χ1v) is 7.20. The molecule has 0 bridgehead atoms. The number of nitrogens with zero attached hydrogens (tertiary/aromatic N) is 1. The van der Waals surface area contributed by atoms with E-state index in [2.05, 4.69) is 4.90 Å². The van der Waals surface area contributed by atoms with Gasteiger partial charge in [-0.25, -0.2) is 0 Å². The number of halogens is 2. The van der Waals surface area contributed by atoms with Crippen LogP contribution in [0.15, 0.2) is 0 Å². The number of hydrogen-bond acceptors (Lipinski definition) is 2. The van der Waals surface area contributed by atoms with Crippen molar-refractivity contribution in [3.63, 3.8) is 0 Å². The first-order valence-electron chi connectivity index (χ1n) is 4.43. The van der Waals surface area contributed by atoms with Crippen molar-refractivity contribution in [2.75, 3.05) is 30.7 Å². The summed E-state index contributed by atoms with van der Waals surface area (Å²) in [4.78, 5) is 2.21. The monoisotopic (exact) mass is 287 g/mol. The van der Waals surface area contributed by atoms with Crippen molar-refractivity contribution in [1.82, 2.24) is 4.90 Å². The topological polar surface area (TPSA) is 29.3 Å². The molecule has 1 rings (SSSR count). The van der Waals surface area contributed by atoms with Crippen molar-refractivity contribution in [3.05, 3.63) is 0 Å². The van der Waals surface area contributed by atoms with Crippen LogP contribution in [0.1, 0.15) is 12.8 Å². The Morgan fingerprint density at radius 2 is 2.08 bits per heavy atom. The molecule has 0 atom stereocenters. The second kappa shape index (κ2) is 6.10. The van der Waals surface area contributed by atoms with Gasteiger partial charge in [-0.3, -0.25) is 0 Å². The van der Waals surface area contributed by atoms with Crippen molar-refractivity contribution in [1.29, 1.82) is 0 Å². The van der Waals surface area contributed by atoms with Gasteiger partial charge >= 0.3 is 84.2 Å². The van der Waals surface area contributed by atoms with Crippen LogP contribution < -0.4 is 25.4 Å². The van der Waals surface area contributed by atoms with E-state index in [4.69, 9.17) is 3.95 Å². The van der Waals surface area contributed by atoms with Crippen molar-refractivity contribution in [2.24, 2.45) is 9.86 Å². The standard InChI is InChI=1S/C8H17FIN2/c9-3-6-12-4-1-8(2-5-12)7-10-11/h8H,1-7,11H2/q-1. The molecule has 0 unspecified atom stereocenters. The average Bonchev–Trinajstić information content (AvgIpc) is 2.09. The SMILES string of the molecule is N[I-]CC1CCN(CCF)CC1. The molecule has 2 nitrogen and oxygen atoms in total. The molecular weight excluding hydrogens is 270 g/mol. The average molecular weight is 287 g/mol. The molecule has 0 saturated carbocycles. The summed E-state index contributed by atoms with van der Waals surface area (Å²) in [6.07, 6.45) is 2.47. The Labute approximate surface area is 84.3 Å². The Balaban J connectivity index is 2.11. The van der Waals surface area contributed by atoms with E-state index in [1.165, 1.54) is 17.3 Å². The van der Waals surface area contributed by atoms with Gasteiger partial charge in [-0.2, -0.15) is 0 Å². The summed E-state index contributed by atoms with van der Waals surface area (Å²) in [5.74, 6) is 0.846. The number of hydrogen-bond donors (Lipinski definition) is 1. The normalized spacial score (nSPS) is 21.8. The maximum absolute atomic E-state index is 12.0. The fourth-order valence-electron chi connectivity index (χ4n) is 1.61. The molecule has 0 aromatic rings. The van der Waals surface area contributed by atoms with Crippen LogP contribution in [0.4, 0.5) is 4.39 Å². The van der Waals surface area contributed by atoms with Gasteiger partial charge in [0.1, 0.15) is 0 Å². The Bertz CT molecular complexity index is 102. The molecule has 1 saturated heterocycles. The van der Waals surface area contributed by atoms with Crippen molar-refractivity contribution in [3.8, 4) is 0 Å². The van der Waals surface area contributed by atoms with E-state index in [-0.39, 0.29) is 28.2 Å². The molecule has 4 heteroatoms. The van der Waals surface area contributed by atoms with Crippen LogP contribution in [0.25, 0.3) is 0 Å². The molecule has 1 fully saturated rings. The fourth-order valence-corrected chi connectivity index (χ4v) is 3.21. The van der Waals surface area contributed by atoms with Gasteiger partial charge < -0.3 is 0 Å². The third-order valence-corrected chi connectivity index (χ3v) is 4.17. The molecule has 12 heavy (non-hydrogen) atoms. The Hall–Kier alpha value is 0.580. The van der Waals surface area contributed by atoms with E-state index in [1.54, 1.807) is 0 Å². The number of alkyl halides is 2. The van der Waals surface area contributed by atoms with E-state index in [1.807, 2.05) is 0 Å². The summed E-state index contributed by atoms with van der Waals surface area (Å²) in [5.41, 5.74) is 0. The zero-order valence-corrected chi connectivity index (χ0v) is 9.47. The first kappa shape index (κ1) is 10.7. The molecule has 1 aliphatic rings. The van der Waals surface area contributed by atoms with Crippen LogP contribution in [-0.2, 0) is 0 Å². The number of piperidine rings is 1.